The topological polar surface area (TPSA) is 108 Å². The molecule has 0 unspecified atom stereocenters. The molecule has 4 aromatic rings. The van der Waals surface area contributed by atoms with Crippen LogP contribution in [0.3, 0.4) is 0 Å². The fraction of sp³-hybridized carbons (Fsp3) is 0.154. The molecule has 1 aromatic heterocycles. The largest absolute Gasteiger partial charge is 0.493 e. The lowest BCUT2D eigenvalue weighted by molar-refractivity contribution is 0.0692. The molecule has 0 aliphatic heterocycles. The van der Waals surface area contributed by atoms with Crippen molar-refractivity contribution in [1.82, 2.24) is 9.97 Å². The zero-order valence-corrected chi connectivity index (χ0v) is 18.1. The van der Waals surface area contributed by atoms with Crippen molar-refractivity contribution in [2.24, 2.45) is 0 Å². The van der Waals surface area contributed by atoms with Gasteiger partial charge in [0.1, 0.15) is 23.5 Å². The van der Waals surface area contributed by atoms with Gasteiger partial charge in [0.2, 0.25) is 0 Å². The summed E-state index contributed by atoms with van der Waals surface area (Å²) in [5, 5.41) is 24.3. The first kappa shape index (κ1) is 21.8. The maximum atomic E-state index is 11.4. The lowest BCUT2D eigenvalue weighted by Gasteiger charge is -2.11. The molecule has 0 aliphatic rings. The van der Waals surface area contributed by atoms with E-state index in [-0.39, 0.29) is 5.56 Å². The van der Waals surface area contributed by atoms with Crippen LogP contribution in [0.4, 0.5) is 5.82 Å². The zero-order chi connectivity index (χ0) is 23.2. The summed E-state index contributed by atoms with van der Waals surface area (Å²) in [6.07, 6.45) is 2.12. The second-order valence-electron chi connectivity index (χ2n) is 7.38. The summed E-state index contributed by atoms with van der Waals surface area (Å²) in [5.74, 6) is -0.101. The van der Waals surface area contributed by atoms with Gasteiger partial charge in [-0.1, -0.05) is 30.3 Å². The van der Waals surface area contributed by atoms with E-state index < -0.39 is 5.97 Å². The van der Waals surface area contributed by atoms with E-state index in [0.717, 1.165) is 21.9 Å². The Kier molecular flexibility index (Phi) is 6.46. The molecule has 3 aromatic carbocycles. The average Bonchev–Trinajstić information content (AvgIpc) is 2.83. The van der Waals surface area contributed by atoms with Crippen molar-refractivity contribution < 1.29 is 14.6 Å². The Balaban J connectivity index is 1.51. The Morgan fingerprint density at radius 2 is 1.88 bits per heavy atom. The summed E-state index contributed by atoms with van der Waals surface area (Å²) in [7, 11) is 0. The second kappa shape index (κ2) is 9.79. The number of benzene rings is 3. The Bertz CT molecular complexity index is 1360. The maximum absolute atomic E-state index is 11.4. The first-order chi connectivity index (χ1) is 16.1. The molecule has 0 radical (unpaired) electrons. The lowest BCUT2D eigenvalue weighted by atomic mass is 9.99. The highest BCUT2D eigenvalue weighted by molar-refractivity contribution is 5.92. The number of hydrogen-bond acceptors (Lipinski definition) is 6. The highest BCUT2D eigenvalue weighted by Crippen LogP contribution is 2.27. The predicted octanol–water partition coefficient (Wildman–Crippen LogP) is 4.92. The van der Waals surface area contributed by atoms with Gasteiger partial charge in [-0.05, 0) is 53.9 Å². The van der Waals surface area contributed by atoms with Crippen molar-refractivity contribution in [3.05, 3.63) is 83.7 Å². The Hall–Kier alpha value is -4.44. The molecular weight excluding hydrogens is 416 g/mol. The highest BCUT2D eigenvalue weighted by Gasteiger charge is 2.13. The standard InChI is InChI=1S/C26H22N4O3/c1-2-33-24-13-20(7-8-22(24)26(31)32)23-14-25(30-16-29-23)28-10-9-19-11-17-5-3-4-6-18(17)12-21(19)15-27/h3-8,11-14,16H,2,9-10H2,1H3,(H,31,32)(H,28,29,30). The molecule has 0 spiro atoms. The minimum Gasteiger partial charge on any atom is -0.493 e. The van der Waals surface area contributed by atoms with Gasteiger partial charge in [0, 0.05) is 18.2 Å². The summed E-state index contributed by atoms with van der Waals surface area (Å²) >= 11 is 0. The Morgan fingerprint density at radius 1 is 1.09 bits per heavy atom. The smallest absolute Gasteiger partial charge is 0.339 e. The van der Waals surface area contributed by atoms with E-state index in [9.17, 15) is 15.2 Å². The molecule has 0 amide bonds. The number of nitriles is 1. The van der Waals surface area contributed by atoms with Gasteiger partial charge in [0.05, 0.1) is 23.9 Å². The first-order valence-electron chi connectivity index (χ1n) is 10.6. The van der Waals surface area contributed by atoms with E-state index in [2.05, 4.69) is 27.4 Å². The lowest BCUT2D eigenvalue weighted by Crippen LogP contribution is -2.08. The normalized spacial score (nSPS) is 10.5. The van der Waals surface area contributed by atoms with Crippen LogP contribution in [0.2, 0.25) is 0 Å². The molecule has 0 saturated heterocycles. The van der Waals surface area contributed by atoms with Crippen LogP contribution in [-0.4, -0.2) is 34.2 Å². The average molecular weight is 438 g/mol. The van der Waals surface area contributed by atoms with Crippen LogP contribution in [0, 0.1) is 11.3 Å². The van der Waals surface area contributed by atoms with Crippen molar-refractivity contribution in [1.29, 1.82) is 5.26 Å². The quantitative estimate of drug-likeness (QED) is 0.402. The number of aromatic nitrogens is 2. The summed E-state index contributed by atoms with van der Waals surface area (Å²) < 4.78 is 5.49. The van der Waals surface area contributed by atoms with Gasteiger partial charge >= 0.3 is 5.97 Å². The molecule has 4 rings (SSSR count). The minimum absolute atomic E-state index is 0.108. The highest BCUT2D eigenvalue weighted by atomic mass is 16.5. The van der Waals surface area contributed by atoms with Crippen LogP contribution < -0.4 is 10.1 Å². The molecule has 0 atom stereocenters. The van der Waals surface area contributed by atoms with Crippen LogP contribution in [-0.2, 0) is 6.42 Å². The van der Waals surface area contributed by atoms with Crippen molar-refractivity contribution >= 4 is 22.6 Å². The zero-order valence-electron chi connectivity index (χ0n) is 18.1. The number of nitrogens with zero attached hydrogens (tertiary/aromatic N) is 3. The first-order valence-corrected chi connectivity index (χ1v) is 10.6. The molecule has 0 bridgehead atoms. The number of anilines is 1. The van der Waals surface area contributed by atoms with E-state index in [4.69, 9.17) is 4.74 Å². The summed E-state index contributed by atoms with van der Waals surface area (Å²) in [6.45, 7) is 2.75. The monoisotopic (exact) mass is 438 g/mol. The van der Waals surface area contributed by atoms with E-state index >= 15 is 0 Å². The van der Waals surface area contributed by atoms with Crippen molar-refractivity contribution in [2.75, 3.05) is 18.5 Å². The number of carbonyl (C=O) groups is 1. The predicted molar refractivity (Wildman–Crippen MR) is 126 cm³/mol. The number of hydrogen-bond donors (Lipinski definition) is 2. The number of aromatic carboxylic acids is 1. The third-order valence-electron chi connectivity index (χ3n) is 5.27. The summed E-state index contributed by atoms with van der Waals surface area (Å²) in [4.78, 5) is 20.0. The van der Waals surface area contributed by atoms with Gasteiger partial charge in [-0.15, -0.1) is 0 Å². The van der Waals surface area contributed by atoms with Crippen molar-refractivity contribution in [3.63, 3.8) is 0 Å². The third kappa shape index (κ3) is 4.91. The number of ether oxygens (including phenoxy) is 1. The van der Waals surface area contributed by atoms with Crippen LogP contribution in [0.25, 0.3) is 22.0 Å². The van der Waals surface area contributed by atoms with E-state index in [0.29, 0.717) is 42.4 Å². The molecule has 0 fully saturated rings. The number of carboxylic acids is 1. The Morgan fingerprint density at radius 3 is 2.61 bits per heavy atom. The SMILES string of the molecule is CCOc1cc(-c2cc(NCCc3cc4ccccc4cc3C#N)ncn2)ccc1C(=O)O. The minimum atomic E-state index is -1.04. The molecule has 33 heavy (non-hydrogen) atoms. The molecule has 0 aliphatic carbocycles. The summed E-state index contributed by atoms with van der Waals surface area (Å²) in [6, 6.07) is 20.9. The van der Waals surface area contributed by atoms with Crippen molar-refractivity contribution in [2.45, 2.75) is 13.3 Å². The Labute approximate surface area is 191 Å². The molecule has 7 heteroatoms. The number of carboxylic acid groups (broad SMARTS) is 1. The van der Waals surface area contributed by atoms with E-state index in [1.165, 1.54) is 12.4 Å². The summed E-state index contributed by atoms with van der Waals surface area (Å²) in [5.41, 5.74) is 3.13. The molecular formula is C26H22N4O3. The molecule has 2 N–H and O–H groups in total. The molecule has 1 heterocycles. The van der Waals surface area contributed by atoms with E-state index in [1.54, 1.807) is 25.1 Å². The maximum Gasteiger partial charge on any atom is 0.339 e. The molecule has 164 valence electrons. The fourth-order valence-electron chi connectivity index (χ4n) is 3.67. The van der Waals surface area contributed by atoms with Crippen LogP contribution >= 0.6 is 0 Å². The van der Waals surface area contributed by atoms with Crippen LogP contribution in [0.1, 0.15) is 28.4 Å². The van der Waals surface area contributed by atoms with Crippen LogP contribution in [0.5, 0.6) is 5.75 Å². The second-order valence-corrected chi connectivity index (χ2v) is 7.38. The van der Waals surface area contributed by atoms with E-state index in [1.807, 2.05) is 30.3 Å². The van der Waals surface area contributed by atoms with Gasteiger partial charge < -0.3 is 15.2 Å². The van der Waals surface area contributed by atoms with Gasteiger partial charge in [-0.2, -0.15) is 5.26 Å². The number of nitrogens with one attached hydrogen (secondary N) is 1. The van der Waals surface area contributed by atoms with Gasteiger partial charge in [0.15, 0.2) is 0 Å². The third-order valence-corrected chi connectivity index (χ3v) is 5.27. The van der Waals surface area contributed by atoms with Gasteiger partial charge in [0.25, 0.3) is 0 Å². The van der Waals surface area contributed by atoms with Gasteiger partial charge in [-0.25, -0.2) is 14.8 Å². The number of fused-ring (bicyclic) bond motifs is 1. The molecule has 0 saturated carbocycles. The fourth-order valence-corrected chi connectivity index (χ4v) is 3.67. The van der Waals surface area contributed by atoms with Crippen LogP contribution in [0.15, 0.2) is 67.0 Å². The molecule has 7 nitrogen and oxygen atoms in total. The number of rotatable bonds is 8. The van der Waals surface area contributed by atoms with Gasteiger partial charge in [-0.3, -0.25) is 0 Å². The van der Waals surface area contributed by atoms with Crippen molar-refractivity contribution in [3.8, 4) is 23.1 Å².